The van der Waals surface area contributed by atoms with Crippen LogP contribution in [0.4, 0.5) is 0 Å². The Hall–Kier alpha value is -2.57. The van der Waals surface area contributed by atoms with Crippen LogP contribution in [0.15, 0.2) is 42.5 Å². The normalized spacial score (nSPS) is 22.3. The van der Waals surface area contributed by atoms with Crippen LogP contribution in [0, 0.1) is 5.92 Å². The Balaban J connectivity index is 1.54. The summed E-state index contributed by atoms with van der Waals surface area (Å²) >= 11 is 0. The van der Waals surface area contributed by atoms with Gasteiger partial charge >= 0.3 is 5.97 Å². The minimum atomic E-state index is -0.125. The molecule has 2 aromatic carbocycles. The number of carbonyl (C=O) groups excluding carboxylic acids is 1. The molecule has 1 aliphatic carbocycles. The molecule has 1 fully saturated rings. The predicted octanol–water partition coefficient (Wildman–Crippen LogP) is 4.43. The third-order valence-corrected chi connectivity index (χ3v) is 7.30. The smallest absolute Gasteiger partial charge is 0.309 e. The standard InChI is InChI=1S/C28H38N2O4/c1-3-32-25-18-23-12-16-30(17-15-29)28(24(23)19-26(25)33-4-2)13-10-22(11-14-28)27(31)34-20-21-8-6-5-7-9-21/h5-9,18-19,22H,3-4,10-17,20,29H2,1-2H3/t22-,28-. The van der Waals surface area contributed by atoms with Crippen molar-refractivity contribution in [3.63, 3.8) is 0 Å². The van der Waals surface area contributed by atoms with Crippen molar-refractivity contribution in [2.45, 2.75) is 58.1 Å². The zero-order chi connectivity index (χ0) is 24.0. The summed E-state index contributed by atoms with van der Waals surface area (Å²) in [5.74, 6) is 1.49. The molecule has 1 saturated carbocycles. The first kappa shape index (κ1) is 24.6. The maximum Gasteiger partial charge on any atom is 0.309 e. The number of nitrogens with zero attached hydrogens (tertiary/aromatic N) is 1. The van der Waals surface area contributed by atoms with Gasteiger partial charge in [0.25, 0.3) is 0 Å². The molecule has 1 aliphatic heterocycles. The van der Waals surface area contributed by atoms with Gasteiger partial charge in [-0.3, -0.25) is 9.69 Å². The first-order valence-corrected chi connectivity index (χ1v) is 12.7. The van der Waals surface area contributed by atoms with Gasteiger partial charge < -0.3 is 19.9 Å². The summed E-state index contributed by atoms with van der Waals surface area (Å²) in [5, 5.41) is 0. The fraction of sp³-hybridized carbons (Fsp3) is 0.536. The summed E-state index contributed by atoms with van der Waals surface area (Å²) in [4.78, 5) is 15.4. The first-order valence-electron chi connectivity index (χ1n) is 12.7. The maximum atomic E-state index is 12.9. The van der Waals surface area contributed by atoms with Gasteiger partial charge in [-0.25, -0.2) is 0 Å². The van der Waals surface area contributed by atoms with Crippen molar-refractivity contribution in [2.75, 3.05) is 32.8 Å². The molecule has 0 bridgehead atoms. The average Bonchev–Trinajstić information content (AvgIpc) is 2.86. The fourth-order valence-electron chi connectivity index (χ4n) is 5.66. The van der Waals surface area contributed by atoms with Crippen molar-refractivity contribution in [3.05, 3.63) is 59.2 Å². The van der Waals surface area contributed by atoms with E-state index in [9.17, 15) is 4.79 Å². The Labute approximate surface area is 203 Å². The molecule has 0 aromatic heterocycles. The van der Waals surface area contributed by atoms with Gasteiger partial charge in [0.1, 0.15) is 6.61 Å². The van der Waals surface area contributed by atoms with Gasteiger partial charge in [-0.2, -0.15) is 0 Å². The second-order valence-corrected chi connectivity index (χ2v) is 9.25. The number of hydrogen-bond acceptors (Lipinski definition) is 6. The zero-order valence-corrected chi connectivity index (χ0v) is 20.6. The van der Waals surface area contributed by atoms with Gasteiger partial charge in [0.05, 0.1) is 19.1 Å². The zero-order valence-electron chi connectivity index (χ0n) is 20.6. The summed E-state index contributed by atoms with van der Waals surface area (Å²) in [6, 6.07) is 14.2. The molecule has 2 aliphatic rings. The lowest BCUT2D eigenvalue weighted by Gasteiger charge is -2.51. The number of ether oxygens (including phenoxy) is 3. The first-order chi connectivity index (χ1) is 16.6. The number of rotatable bonds is 9. The summed E-state index contributed by atoms with van der Waals surface area (Å²) in [6.45, 7) is 7.96. The third-order valence-electron chi connectivity index (χ3n) is 7.30. The van der Waals surface area contributed by atoms with Gasteiger partial charge in [-0.05, 0) is 74.8 Å². The average molecular weight is 467 g/mol. The number of nitrogens with two attached hydrogens (primary N) is 1. The molecule has 0 atom stereocenters. The van der Waals surface area contributed by atoms with Crippen LogP contribution < -0.4 is 15.2 Å². The molecule has 2 N–H and O–H groups in total. The van der Waals surface area contributed by atoms with Crippen LogP contribution in [0.25, 0.3) is 0 Å². The third kappa shape index (κ3) is 5.08. The highest BCUT2D eigenvalue weighted by Crippen LogP contribution is 2.50. The molecular weight excluding hydrogens is 428 g/mol. The maximum absolute atomic E-state index is 12.9. The van der Waals surface area contributed by atoms with Crippen LogP contribution in [0.2, 0.25) is 0 Å². The van der Waals surface area contributed by atoms with Crippen LogP contribution in [0.1, 0.15) is 56.2 Å². The van der Waals surface area contributed by atoms with Gasteiger partial charge in [0, 0.05) is 25.2 Å². The molecule has 0 amide bonds. The molecule has 2 aromatic rings. The lowest BCUT2D eigenvalue weighted by molar-refractivity contribution is -0.152. The summed E-state index contributed by atoms with van der Waals surface area (Å²) < 4.78 is 17.5. The molecule has 0 radical (unpaired) electrons. The van der Waals surface area contributed by atoms with Crippen molar-refractivity contribution in [1.82, 2.24) is 4.90 Å². The number of benzene rings is 2. The van der Waals surface area contributed by atoms with E-state index in [4.69, 9.17) is 19.9 Å². The highest BCUT2D eigenvalue weighted by molar-refractivity contribution is 5.72. The number of esters is 1. The van der Waals surface area contributed by atoms with Gasteiger partial charge in [-0.15, -0.1) is 0 Å². The van der Waals surface area contributed by atoms with E-state index in [1.807, 2.05) is 44.2 Å². The minimum absolute atomic E-state index is 0.0616. The highest BCUT2D eigenvalue weighted by Gasteiger charge is 2.46. The topological polar surface area (TPSA) is 74.0 Å². The van der Waals surface area contributed by atoms with E-state index in [0.717, 1.165) is 62.3 Å². The Morgan fingerprint density at radius 1 is 1.06 bits per heavy atom. The van der Waals surface area contributed by atoms with Crippen LogP contribution in [0.3, 0.4) is 0 Å². The van der Waals surface area contributed by atoms with E-state index in [2.05, 4.69) is 17.0 Å². The van der Waals surface area contributed by atoms with Gasteiger partial charge in [0.15, 0.2) is 11.5 Å². The molecule has 34 heavy (non-hydrogen) atoms. The quantitative estimate of drug-likeness (QED) is 0.551. The van der Waals surface area contributed by atoms with Gasteiger partial charge in [0.2, 0.25) is 0 Å². The number of carbonyl (C=O) groups is 1. The second-order valence-electron chi connectivity index (χ2n) is 9.25. The lowest BCUT2D eigenvalue weighted by atomic mass is 9.68. The molecule has 4 rings (SSSR count). The Morgan fingerprint density at radius 3 is 2.38 bits per heavy atom. The van der Waals surface area contributed by atoms with Crippen molar-refractivity contribution < 1.29 is 19.0 Å². The molecule has 1 spiro atoms. The van der Waals surface area contributed by atoms with Crippen LogP contribution in [0.5, 0.6) is 11.5 Å². The number of hydrogen-bond donors (Lipinski definition) is 1. The summed E-state index contributed by atoms with van der Waals surface area (Å²) in [7, 11) is 0. The molecule has 0 saturated heterocycles. The van der Waals surface area contributed by atoms with Crippen molar-refractivity contribution in [1.29, 1.82) is 0 Å². The van der Waals surface area contributed by atoms with E-state index in [-0.39, 0.29) is 17.4 Å². The van der Waals surface area contributed by atoms with E-state index >= 15 is 0 Å². The fourth-order valence-corrected chi connectivity index (χ4v) is 5.66. The Kier molecular flexibility index (Phi) is 8.11. The Bertz CT molecular complexity index is 954. The monoisotopic (exact) mass is 466 g/mol. The molecule has 1 heterocycles. The molecule has 0 unspecified atom stereocenters. The molecular formula is C28H38N2O4. The van der Waals surface area contributed by atoms with E-state index in [1.54, 1.807) is 0 Å². The molecule has 184 valence electrons. The van der Waals surface area contributed by atoms with Crippen molar-refractivity contribution >= 4 is 5.97 Å². The predicted molar refractivity (Wildman–Crippen MR) is 133 cm³/mol. The van der Waals surface area contributed by atoms with Gasteiger partial charge in [-0.1, -0.05) is 30.3 Å². The highest BCUT2D eigenvalue weighted by atomic mass is 16.5. The Morgan fingerprint density at radius 2 is 1.74 bits per heavy atom. The van der Waals surface area contributed by atoms with Crippen LogP contribution in [-0.4, -0.2) is 43.7 Å². The van der Waals surface area contributed by atoms with Crippen LogP contribution >= 0.6 is 0 Å². The summed E-state index contributed by atoms with van der Waals surface area (Å²) in [6.07, 6.45) is 4.40. The van der Waals surface area contributed by atoms with Crippen molar-refractivity contribution in [3.8, 4) is 11.5 Å². The summed E-state index contributed by atoms with van der Waals surface area (Å²) in [5.41, 5.74) is 9.55. The molecule has 6 heteroatoms. The number of fused-ring (bicyclic) bond motifs is 2. The molecule has 6 nitrogen and oxygen atoms in total. The SMILES string of the molecule is CCOc1cc2c(cc1OCC)[C@]1(CC[C@@H](C(=O)OCc3ccccc3)CC1)N(CCN)CC2. The minimum Gasteiger partial charge on any atom is -0.490 e. The van der Waals surface area contributed by atoms with Crippen LogP contribution in [-0.2, 0) is 28.1 Å². The van der Waals surface area contributed by atoms with E-state index in [1.165, 1.54) is 11.1 Å². The van der Waals surface area contributed by atoms with Crippen molar-refractivity contribution in [2.24, 2.45) is 11.7 Å². The second kappa shape index (κ2) is 11.2. The largest absolute Gasteiger partial charge is 0.490 e. The van der Waals surface area contributed by atoms with E-state index in [0.29, 0.717) is 26.4 Å². The van der Waals surface area contributed by atoms with E-state index < -0.39 is 0 Å². The lowest BCUT2D eigenvalue weighted by Crippen LogP contribution is -2.54.